The minimum absolute atomic E-state index is 0.543. The normalized spacial score (nSPS) is 11.4. The summed E-state index contributed by atoms with van der Waals surface area (Å²) in [6.07, 6.45) is 7.42. The van der Waals surface area contributed by atoms with Crippen LogP contribution in [-0.2, 0) is 0 Å². The largest absolute Gasteiger partial charge is 0.436 e. The van der Waals surface area contributed by atoms with Gasteiger partial charge in [-0.15, -0.1) is 0 Å². The van der Waals surface area contributed by atoms with Crippen molar-refractivity contribution in [2.75, 3.05) is 0 Å². The van der Waals surface area contributed by atoms with Crippen LogP contribution in [0, 0.1) is 0 Å². The lowest BCUT2D eigenvalue weighted by atomic mass is 9.92. The average molecular weight is 819 g/mol. The highest BCUT2D eigenvalue weighted by atomic mass is 16.3. The van der Waals surface area contributed by atoms with Crippen LogP contribution in [0.2, 0.25) is 0 Å². The monoisotopic (exact) mass is 818 g/mol. The molecule has 0 bridgehead atoms. The third-order valence-electron chi connectivity index (χ3n) is 12.2. The first-order valence-corrected chi connectivity index (χ1v) is 21.5. The molecule has 0 saturated carbocycles. The van der Waals surface area contributed by atoms with Crippen LogP contribution in [0.3, 0.4) is 0 Å². The Hall–Kier alpha value is -8.67. The Kier molecular flexibility index (Phi) is 9.08. The molecule has 12 rings (SSSR count). The summed E-state index contributed by atoms with van der Waals surface area (Å²) in [6, 6.07) is 72.9. The van der Waals surface area contributed by atoms with E-state index in [1.165, 1.54) is 10.8 Å². The zero-order chi connectivity index (χ0) is 42.4. The lowest BCUT2D eigenvalue weighted by Gasteiger charge is -2.18. The second-order valence-corrected chi connectivity index (χ2v) is 16.1. The number of rotatable bonds is 8. The van der Waals surface area contributed by atoms with Crippen molar-refractivity contribution in [3.63, 3.8) is 0 Å². The molecule has 4 heterocycles. The SMILES string of the molecule is c1ccc(-c2cc(-c3ccccc3)c(-n3c4ccccc4c4ccccc43)cc2-c2nc3c(-c4cccc(-c5cccnc5)c4)cc(-c4cccc(-c5cccnc5)c4)cc3o2)cc1. The summed E-state index contributed by atoms with van der Waals surface area (Å²) in [7, 11) is 0. The van der Waals surface area contributed by atoms with Crippen LogP contribution in [0.25, 0.3) is 117 Å². The molecule has 0 N–H and O–H groups in total. The number of fused-ring (bicyclic) bond motifs is 4. The first kappa shape index (κ1) is 37.1. The van der Waals surface area contributed by atoms with Crippen molar-refractivity contribution in [3.8, 4) is 83.9 Å². The van der Waals surface area contributed by atoms with E-state index in [0.29, 0.717) is 11.5 Å². The predicted octanol–water partition coefficient (Wildman–Crippen LogP) is 15.4. The van der Waals surface area contributed by atoms with Crippen molar-refractivity contribution in [1.82, 2.24) is 19.5 Å². The van der Waals surface area contributed by atoms with Crippen molar-refractivity contribution in [3.05, 3.63) is 231 Å². The molecule has 0 aliphatic heterocycles. The number of pyridine rings is 2. The lowest BCUT2D eigenvalue weighted by Crippen LogP contribution is -2.00. The molecule has 0 aliphatic rings. The summed E-state index contributed by atoms with van der Waals surface area (Å²) in [5.41, 5.74) is 18.4. The van der Waals surface area contributed by atoms with Gasteiger partial charge in [-0.05, 0) is 105 Å². The quantitative estimate of drug-likeness (QED) is 0.153. The third-order valence-corrected chi connectivity index (χ3v) is 12.2. The number of benzene rings is 8. The topological polar surface area (TPSA) is 56.7 Å². The highest BCUT2D eigenvalue weighted by Crippen LogP contribution is 2.45. The predicted molar refractivity (Wildman–Crippen MR) is 262 cm³/mol. The summed E-state index contributed by atoms with van der Waals surface area (Å²) in [5.74, 6) is 0.543. The van der Waals surface area contributed by atoms with Gasteiger partial charge in [0.05, 0.1) is 16.7 Å². The molecule has 0 unspecified atom stereocenters. The van der Waals surface area contributed by atoms with Gasteiger partial charge >= 0.3 is 0 Å². The number of oxazole rings is 1. The van der Waals surface area contributed by atoms with E-state index in [1.807, 2.05) is 24.5 Å². The van der Waals surface area contributed by atoms with Crippen molar-refractivity contribution in [1.29, 1.82) is 0 Å². The van der Waals surface area contributed by atoms with E-state index in [4.69, 9.17) is 9.40 Å². The van der Waals surface area contributed by atoms with Gasteiger partial charge in [-0.1, -0.05) is 146 Å². The van der Waals surface area contributed by atoms with Crippen LogP contribution >= 0.6 is 0 Å². The fourth-order valence-electron chi connectivity index (χ4n) is 9.18. The van der Waals surface area contributed by atoms with Gasteiger partial charge < -0.3 is 8.98 Å². The Balaban J connectivity index is 1.14. The fraction of sp³-hybridized carbons (Fsp3) is 0. The molecule has 0 fully saturated rings. The number of hydrogen-bond acceptors (Lipinski definition) is 4. The maximum atomic E-state index is 7.12. The molecule has 300 valence electrons. The maximum absolute atomic E-state index is 7.12. The van der Waals surface area contributed by atoms with Crippen molar-refractivity contribution < 1.29 is 4.42 Å². The van der Waals surface area contributed by atoms with Crippen molar-refractivity contribution in [2.45, 2.75) is 0 Å². The molecular weight excluding hydrogens is 781 g/mol. The third kappa shape index (κ3) is 6.55. The van der Waals surface area contributed by atoms with Gasteiger partial charge in [-0.3, -0.25) is 9.97 Å². The van der Waals surface area contributed by atoms with Crippen molar-refractivity contribution >= 4 is 32.9 Å². The molecule has 5 nitrogen and oxygen atoms in total. The van der Waals surface area contributed by atoms with Gasteiger partial charge in [0.15, 0.2) is 5.58 Å². The summed E-state index contributed by atoms with van der Waals surface area (Å²) < 4.78 is 9.52. The molecule has 0 radical (unpaired) electrons. The summed E-state index contributed by atoms with van der Waals surface area (Å²) in [6.45, 7) is 0. The smallest absolute Gasteiger partial charge is 0.228 e. The highest BCUT2D eigenvalue weighted by molar-refractivity contribution is 6.10. The zero-order valence-corrected chi connectivity index (χ0v) is 34.6. The summed E-state index contributed by atoms with van der Waals surface area (Å²) >= 11 is 0. The van der Waals surface area contributed by atoms with Crippen LogP contribution < -0.4 is 0 Å². The molecule has 0 atom stereocenters. The van der Waals surface area contributed by atoms with Crippen LogP contribution in [0.1, 0.15) is 0 Å². The Morgan fingerprint density at radius 1 is 0.344 bits per heavy atom. The maximum Gasteiger partial charge on any atom is 0.228 e. The number of para-hydroxylation sites is 2. The molecule has 0 amide bonds. The molecule has 0 saturated heterocycles. The minimum atomic E-state index is 0.543. The van der Waals surface area contributed by atoms with E-state index in [-0.39, 0.29) is 0 Å². The second kappa shape index (κ2) is 15.7. The number of hydrogen-bond donors (Lipinski definition) is 0. The van der Waals surface area contributed by atoms with Gasteiger partial charge in [-0.25, -0.2) is 4.98 Å². The molecule has 0 spiro atoms. The lowest BCUT2D eigenvalue weighted by molar-refractivity contribution is 0.620. The van der Waals surface area contributed by atoms with Gasteiger partial charge in [0.1, 0.15) is 5.52 Å². The summed E-state index contributed by atoms with van der Waals surface area (Å²) in [4.78, 5) is 14.3. The Bertz CT molecular complexity index is 3600. The number of nitrogens with zero attached hydrogens (tertiary/aromatic N) is 4. The van der Waals surface area contributed by atoms with E-state index < -0.39 is 0 Å². The Labute approximate surface area is 370 Å². The zero-order valence-electron chi connectivity index (χ0n) is 34.6. The molecule has 4 aromatic heterocycles. The van der Waals surface area contributed by atoms with Gasteiger partial charge in [0, 0.05) is 63.4 Å². The van der Waals surface area contributed by atoms with Crippen molar-refractivity contribution in [2.24, 2.45) is 0 Å². The molecule has 5 heteroatoms. The van der Waals surface area contributed by atoms with E-state index in [2.05, 4.69) is 209 Å². The molecule has 12 aromatic rings. The summed E-state index contributed by atoms with van der Waals surface area (Å²) in [5, 5.41) is 2.40. The van der Waals surface area contributed by atoms with E-state index in [9.17, 15) is 0 Å². The first-order valence-electron chi connectivity index (χ1n) is 21.5. The second-order valence-electron chi connectivity index (χ2n) is 16.1. The molecule has 0 aliphatic carbocycles. The van der Waals surface area contributed by atoms with Crippen LogP contribution in [-0.4, -0.2) is 19.5 Å². The van der Waals surface area contributed by atoms with E-state index >= 15 is 0 Å². The van der Waals surface area contributed by atoms with E-state index in [0.717, 1.165) is 94.6 Å². The molecule has 8 aromatic carbocycles. The van der Waals surface area contributed by atoms with Gasteiger partial charge in [0.25, 0.3) is 0 Å². The minimum Gasteiger partial charge on any atom is -0.436 e. The molecular formula is C59H38N4O. The van der Waals surface area contributed by atoms with Gasteiger partial charge in [-0.2, -0.15) is 0 Å². The van der Waals surface area contributed by atoms with Crippen LogP contribution in [0.4, 0.5) is 0 Å². The van der Waals surface area contributed by atoms with Crippen LogP contribution in [0.5, 0.6) is 0 Å². The Morgan fingerprint density at radius 3 is 1.47 bits per heavy atom. The van der Waals surface area contributed by atoms with Gasteiger partial charge in [0.2, 0.25) is 5.89 Å². The van der Waals surface area contributed by atoms with Crippen LogP contribution in [0.15, 0.2) is 235 Å². The standard InChI is InChI=1S/C59H38N4O/c1-3-15-39(16-4-1)50-35-51(40-17-5-2-6-18-40)56(63-54-27-9-7-25-48(54)49-26-8-10-28-55(49)63)36-53(50)59-62-58-52(44-22-12-20-42(32-44)46-24-14-30-61-38-46)33-47(34-57(58)64-59)43-21-11-19-41(31-43)45-23-13-29-60-37-45/h1-38H. The average Bonchev–Trinajstić information content (AvgIpc) is 3.97. The van der Waals surface area contributed by atoms with E-state index in [1.54, 1.807) is 12.4 Å². The molecule has 64 heavy (non-hydrogen) atoms. The number of aromatic nitrogens is 4. The Morgan fingerprint density at radius 2 is 0.859 bits per heavy atom. The fourth-order valence-corrected chi connectivity index (χ4v) is 9.18. The highest BCUT2D eigenvalue weighted by Gasteiger charge is 2.24. The first-order chi connectivity index (χ1) is 31.7.